The summed E-state index contributed by atoms with van der Waals surface area (Å²) >= 11 is 12.9. The third kappa shape index (κ3) is 3.24. The van der Waals surface area contributed by atoms with Crippen molar-refractivity contribution >= 4 is 53.5 Å². The maximum atomic E-state index is 12.8. The number of halogens is 3. The summed E-state index contributed by atoms with van der Waals surface area (Å²) in [4.78, 5) is 0.301. The van der Waals surface area contributed by atoms with Crippen molar-refractivity contribution in [3.8, 4) is 0 Å². The van der Waals surface area contributed by atoms with Gasteiger partial charge in [-0.05, 0) is 52.9 Å². The Morgan fingerprint density at radius 3 is 2.55 bits per heavy atom. The second-order valence-corrected chi connectivity index (χ2v) is 9.35. The van der Waals surface area contributed by atoms with Crippen LogP contribution in [-0.2, 0) is 10.0 Å². The zero-order chi connectivity index (χ0) is 15.1. The van der Waals surface area contributed by atoms with E-state index in [1.165, 1.54) is 4.31 Å². The SMILES string of the molecule is Cc1cc(Br)c(S(=O)(=O)N2CCC(Cl)C(C)C2)cc1Br. The Labute approximate surface area is 142 Å². The monoisotopic (exact) mass is 443 g/mol. The van der Waals surface area contributed by atoms with Gasteiger partial charge < -0.3 is 0 Å². The lowest BCUT2D eigenvalue weighted by atomic mass is 10.0. The predicted octanol–water partition coefficient (Wildman–Crippen LogP) is 4.16. The summed E-state index contributed by atoms with van der Waals surface area (Å²) in [7, 11) is -3.49. The molecule has 112 valence electrons. The molecular weight excluding hydrogens is 429 g/mol. The lowest BCUT2D eigenvalue weighted by molar-refractivity contribution is 0.286. The molecule has 1 saturated heterocycles. The van der Waals surface area contributed by atoms with Gasteiger partial charge in [0, 0.05) is 27.4 Å². The molecule has 1 heterocycles. The first kappa shape index (κ1) is 16.7. The second kappa shape index (κ2) is 6.24. The Kier molecular flexibility index (Phi) is 5.23. The van der Waals surface area contributed by atoms with Crippen LogP contribution in [-0.4, -0.2) is 31.2 Å². The molecule has 0 saturated carbocycles. The maximum Gasteiger partial charge on any atom is 0.244 e. The molecule has 1 fully saturated rings. The third-order valence-corrected chi connectivity index (χ3v) is 7.92. The topological polar surface area (TPSA) is 37.4 Å². The minimum atomic E-state index is -3.49. The van der Waals surface area contributed by atoms with Gasteiger partial charge in [-0.3, -0.25) is 0 Å². The molecule has 2 rings (SSSR count). The molecule has 0 aromatic heterocycles. The van der Waals surface area contributed by atoms with Crippen LogP contribution >= 0.6 is 43.5 Å². The Bertz CT molecular complexity index is 621. The van der Waals surface area contributed by atoms with E-state index in [0.717, 1.165) is 10.0 Å². The van der Waals surface area contributed by atoms with Crippen LogP contribution in [0.4, 0.5) is 0 Å². The van der Waals surface area contributed by atoms with E-state index >= 15 is 0 Å². The van der Waals surface area contributed by atoms with Crippen LogP contribution in [0, 0.1) is 12.8 Å². The summed E-state index contributed by atoms with van der Waals surface area (Å²) < 4.78 is 28.4. The smallest absolute Gasteiger partial charge is 0.207 e. The summed E-state index contributed by atoms with van der Waals surface area (Å²) in [6.07, 6.45) is 0.687. The van der Waals surface area contributed by atoms with E-state index in [9.17, 15) is 8.42 Å². The zero-order valence-corrected chi connectivity index (χ0v) is 16.0. The highest BCUT2D eigenvalue weighted by atomic mass is 79.9. The molecule has 2 atom stereocenters. The van der Waals surface area contributed by atoms with Gasteiger partial charge in [0.2, 0.25) is 10.0 Å². The van der Waals surface area contributed by atoms with Crippen LogP contribution in [0.25, 0.3) is 0 Å². The van der Waals surface area contributed by atoms with E-state index in [2.05, 4.69) is 31.9 Å². The van der Waals surface area contributed by atoms with Crippen molar-refractivity contribution in [3.63, 3.8) is 0 Å². The lowest BCUT2D eigenvalue weighted by Gasteiger charge is -2.33. The Morgan fingerprint density at radius 1 is 1.30 bits per heavy atom. The third-order valence-electron chi connectivity index (χ3n) is 3.59. The fraction of sp³-hybridized carbons (Fsp3) is 0.538. The average molecular weight is 446 g/mol. The van der Waals surface area contributed by atoms with E-state index in [-0.39, 0.29) is 11.3 Å². The molecule has 3 nitrogen and oxygen atoms in total. The van der Waals surface area contributed by atoms with Gasteiger partial charge in [0.15, 0.2) is 0 Å². The van der Waals surface area contributed by atoms with Crippen molar-refractivity contribution in [3.05, 3.63) is 26.6 Å². The molecule has 0 radical (unpaired) electrons. The van der Waals surface area contributed by atoms with Gasteiger partial charge in [-0.1, -0.05) is 22.9 Å². The highest BCUT2D eigenvalue weighted by molar-refractivity contribution is 9.11. The number of piperidine rings is 1. The van der Waals surface area contributed by atoms with E-state index in [0.29, 0.717) is 28.9 Å². The molecule has 1 aliphatic heterocycles. The summed E-state index contributed by atoms with van der Waals surface area (Å²) in [6, 6.07) is 3.47. The molecule has 1 aromatic rings. The highest BCUT2D eigenvalue weighted by Crippen LogP contribution is 2.33. The predicted molar refractivity (Wildman–Crippen MR) is 88.8 cm³/mol. The molecule has 0 bridgehead atoms. The summed E-state index contributed by atoms with van der Waals surface area (Å²) in [5.41, 5.74) is 0.989. The minimum absolute atomic E-state index is 0.0506. The molecule has 0 aliphatic carbocycles. The van der Waals surface area contributed by atoms with E-state index in [4.69, 9.17) is 11.6 Å². The second-order valence-electron chi connectivity index (χ2n) is 5.18. The van der Waals surface area contributed by atoms with Gasteiger partial charge in [-0.2, -0.15) is 4.31 Å². The van der Waals surface area contributed by atoms with E-state index < -0.39 is 10.0 Å². The van der Waals surface area contributed by atoms with Gasteiger partial charge in [-0.15, -0.1) is 11.6 Å². The number of benzene rings is 1. The van der Waals surface area contributed by atoms with Crippen LogP contribution < -0.4 is 0 Å². The van der Waals surface area contributed by atoms with Gasteiger partial charge in [0.1, 0.15) is 0 Å². The average Bonchev–Trinajstić information content (AvgIpc) is 2.36. The van der Waals surface area contributed by atoms with Crippen molar-refractivity contribution in [1.29, 1.82) is 0 Å². The first-order chi connectivity index (χ1) is 9.23. The van der Waals surface area contributed by atoms with Crippen LogP contribution in [0.2, 0.25) is 0 Å². The number of nitrogens with zero attached hydrogens (tertiary/aromatic N) is 1. The number of sulfonamides is 1. The zero-order valence-electron chi connectivity index (χ0n) is 11.2. The summed E-state index contributed by atoms with van der Waals surface area (Å²) in [5.74, 6) is 0.160. The van der Waals surface area contributed by atoms with Gasteiger partial charge >= 0.3 is 0 Å². The maximum absolute atomic E-state index is 12.8. The molecule has 0 amide bonds. The first-order valence-electron chi connectivity index (χ1n) is 6.33. The molecular formula is C13H16Br2ClNO2S. The molecule has 0 N–H and O–H groups in total. The number of hydrogen-bond acceptors (Lipinski definition) is 2. The quantitative estimate of drug-likeness (QED) is 0.641. The fourth-order valence-electron chi connectivity index (χ4n) is 2.26. The van der Waals surface area contributed by atoms with Gasteiger partial charge in [-0.25, -0.2) is 8.42 Å². The van der Waals surface area contributed by atoms with Gasteiger partial charge in [0.25, 0.3) is 0 Å². The largest absolute Gasteiger partial charge is 0.244 e. The Balaban J connectivity index is 2.38. The van der Waals surface area contributed by atoms with Crippen LogP contribution in [0.1, 0.15) is 18.9 Å². The van der Waals surface area contributed by atoms with Gasteiger partial charge in [0.05, 0.1) is 4.90 Å². The van der Waals surface area contributed by atoms with Crippen molar-refractivity contribution < 1.29 is 8.42 Å². The first-order valence-corrected chi connectivity index (χ1v) is 9.79. The summed E-state index contributed by atoms with van der Waals surface area (Å²) in [5, 5.41) is 0.0506. The molecule has 20 heavy (non-hydrogen) atoms. The minimum Gasteiger partial charge on any atom is -0.207 e. The normalized spacial score (nSPS) is 24.9. The van der Waals surface area contributed by atoms with Crippen LogP contribution in [0.5, 0.6) is 0 Å². The molecule has 0 spiro atoms. The number of rotatable bonds is 2. The fourth-order valence-corrected chi connectivity index (χ4v) is 5.63. The van der Waals surface area contributed by atoms with Crippen LogP contribution in [0.3, 0.4) is 0 Å². The molecule has 2 unspecified atom stereocenters. The Morgan fingerprint density at radius 2 is 1.95 bits per heavy atom. The highest BCUT2D eigenvalue weighted by Gasteiger charge is 2.33. The summed E-state index contributed by atoms with van der Waals surface area (Å²) in [6.45, 7) is 4.85. The van der Waals surface area contributed by atoms with E-state index in [1.54, 1.807) is 6.07 Å². The van der Waals surface area contributed by atoms with E-state index in [1.807, 2.05) is 19.9 Å². The molecule has 1 aliphatic rings. The number of hydrogen-bond donors (Lipinski definition) is 0. The van der Waals surface area contributed by atoms with Crippen molar-refractivity contribution in [2.75, 3.05) is 13.1 Å². The van der Waals surface area contributed by atoms with Crippen molar-refractivity contribution in [1.82, 2.24) is 4.31 Å². The van der Waals surface area contributed by atoms with Crippen molar-refractivity contribution in [2.24, 2.45) is 5.92 Å². The molecule has 7 heteroatoms. The lowest BCUT2D eigenvalue weighted by Crippen LogP contribution is -2.43. The number of aryl methyl sites for hydroxylation is 1. The van der Waals surface area contributed by atoms with Crippen molar-refractivity contribution in [2.45, 2.75) is 30.5 Å². The Hall–Kier alpha value is 0.380. The van der Waals surface area contributed by atoms with Crippen LogP contribution in [0.15, 0.2) is 26.0 Å². The molecule has 1 aromatic carbocycles. The standard InChI is InChI=1S/C13H16Br2ClNO2S/c1-8-5-11(15)13(6-10(8)14)20(18,19)17-4-3-12(16)9(2)7-17/h5-6,9,12H,3-4,7H2,1-2H3. The number of alkyl halides is 1.